The Kier molecular flexibility index (Phi) is 6.03. The Morgan fingerprint density at radius 2 is 1.66 bits per heavy atom. The number of alkyl halides is 3. The van der Waals surface area contributed by atoms with Crippen LogP contribution >= 0.6 is 11.3 Å². The van der Waals surface area contributed by atoms with Crippen LogP contribution in [-0.2, 0) is 17.4 Å². The zero-order chi connectivity index (χ0) is 21.0. The fourth-order valence-corrected chi connectivity index (χ4v) is 3.69. The Balaban J connectivity index is 1.81. The number of carbonyl (C=O) groups is 2. The molecular formula is C21H16F3NO3S. The number of benzene rings is 2. The normalized spacial score (nSPS) is 11.3. The number of anilines is 1. The van der Waals surface area contributed by atoms with Crippen LogP contribution in [0.25, 0.3) is 11.1 Å². The first kappa shape index (κ1) is 20.6. The molecule has 0 bridgehead atoms. The van der Waals surface area contributed by atoms with Crippen molar-refractivity contribution in [3.8, 4) is 11.1 Å². The third-order valence-corrected chi connectivity index (χ3v) is 5.32. The number of carboxylic acids is 1. The van der Waals surface area contributed by atoms with Gasteiger partial charge in [-0.2, -0.15) is 13.2 Å². The lowest BCUT2D eigenvalue weighted by Gasteiger charge is -2.07. The molecule has 3 rings (SSSR count). The Labute approximate surface area is 168 Å². The van der Waals surface area contributed by atoms with Crippen molar-refractivity contribution in [1.29, 1.82) is 0 Å². The maximum Gasteiger partial charge on any atom is 0.426 e. The summed E-state index contributed by atoms with van der Waals surface area (Å²) in [6.07, 6.45) is -4.23. The van der Waals surface area contributed by atoms with E-state index in [0.717, 1.165) is 5.56 Å². The number of amides is 1. The van der Waals surface area contributed by atoms with Gasteiger partial charge in [0.15, 0.2) is 0 Å². The smallest absolute Gasteiger partial charge is 0.426 e. The van der Waals surface area contributed by atoms with E-state index < -0.39 is 22.9 Å². The fourth-order valence-electron chi connectivity index (χ4n) is 2.74. The van der Waals surface area contributed by atoms with Crippen LogP contribution in [0, 0.1) is 0 Å². The van der Waals surface area contributed by atoms with E-state index in [2.05, 4.69) is 5.32 Å². The summed E-state index contributed by atoms with van der Waals surface area (Å²) >= 11 is 0.401. The number of carbonyl (C=O) groups excluding carboxylic acids is 1. The maximum atomic E-state index is 13.4. The molecule has 4 nitrogen and oxygen atoms in total. The second kappa shape index (κ2) is 8.48. The van der Waals surface area contributed by atoms with E-state index in [9.17, 15) is 22.8 Å². The highest BCUT2D eigenvalue weighted by Crippen LogP contribution is 2.42. The monoisotopic (exact) mass is 419 g/mol. The van der Waals surface area contributed by atoms with E-state index >= 15 is 0 Å². The van der Waals surface area contributed by atoms with Gasteiger partial charge in [-0.15, -0.1) is 11.3 Å². The molecule has 2 N–H and O–H groups in total. The summed E-state index contributed by atoms with van der Waals surface area (Å²) in [4.78, 5) is 22.2. The molecule has 0 saturated heterocycles. The van der Waals surface area contributed by atoms with Gasteiger partial charge in [-0.05, 0) is 35.7 Å². The Morgan fingerprint density at radius 1 is 1.00 bits per heavy atom. The number of carboxylic acid groups (broad SMARTS) is 1. The van der Waals surface area contributed by atoms with Crippen molar-refractivity contribution >= 4 is 28.9 Å². The number of aryl methyl sites for hydroxylation is 1. The molecule has 1 aromatic heterocycles. The minimum absolute atomic E-state index is 0.0105. The zero-order valence-electron chi connectivity index (χ0n) is 15.0. The summed E-state index contributed by atoms with van der Waals surface area (Å²) in [6.45, 7) is 0. The minimum atomic E-state index is -4.57. The molecule has 8 heteroatoms. The standard InChI is InChI=1S/C21H16F3NO3S/c22-21(23,24)19-16(14-4-2-1-3-5-14)12-17(29-19)20(28)25-15-9-6-13(7-10-15)8-11-18(26)27/h1-7,9-10,12H,8,11H2,(H,25,28)(H,26,27). The maximum absolute atomic E-state index is 13.4. The van der Waals surface area contributed by atoms with Crippen LogP contribution in [0.3, 0.4) is 0 Å². The predicted octanol–water partition coefficient (Wildman–Crippen LogP) is 5.70. The molecule has 0 saturated carbocycles. The lowest BCUT2D eigenvalue weighted by Crippen LogP contribution is -2.10. The molecule has 0 atom stereocenters. The first-order valence-corrected chi connectivity index (χ1v) is 9.44. The molecule has 29 heavy (non-hydrogen) atoms. The Bertz CT molecular complexity index is 1010. The number of nitrogens with one attached hydrogen (secondary N) is 1. The van der Waals surface area contributed by atoms with Gasteiger partial charge in [0, 0.05) is 17.7 Å². The molecule has 3 aromatic rings. The van der Waals surface area contributed by atoms with E-state index in [1.165, 1.54) is 6.07 Å². The number of thiophene rings is 1. The average molecular weight is 419 g/mol. The fraction of sp³-hybridized carbons (Fsp3) is 0.143. The van der Waals surface area contributed by atoms with Crippen LogP contribution in [0.15, 0.2) is 60.7 Å². The number of rotatable bonds is 6. The van der Waals surface area contributed by atoms with Gasteiger partial charge >= 0.3 is 12.1 Å². The molecule has 0 aliphatic heterocycles. The summed E-state index contributed by atoms with van der Waals surface area (Å²) in [7, 11) is 0. The highest BCUT2D eigenvalue weighted by atomic mass is 32.1. The summed E-state index contributed by atoms with van der Waals surface area (Å²) in [5, 5.41) is 11.3. The van der Waals surface area contributed by atoms with Crippen LogP contribution in [-0.4, -0.2) is 17.0 Å². The van der Waals surface area contributed by atoms with Gasteiger partial charge in [0.1, 0.15) is 4.88 Å². The largest absolute Gasteiger partial charge is 0.481 e. The van der Waals surface area contributed by atoms with Crippen molar-refractivity contribution in [3.05, 3.63) is 76.0 Å². The lowest BCUT2D eigenvalue weighted by molar-refractivity contribution is -0.137. The number of aliphatic carboxylic acids is 1. The van der Waals surface area contributed by atoms with Gasteiger partial charge in [0.25, 0.3) is 5.91 Å². The molecule has 0 unspecified atom stereocenters. The Hall–Kier alpha value is -3.13. The first-order valence-electron chi connectivity index (χ1n) is 8.62. The minimum Gasteiger partial charge on any atom is -0.481 e. The van der Waals surface area contributed by atoms with Crippen LogP contribution in [0.2, 0.25) is 0 Å². The lowest BCUT2D eigenvalue weighted by atomic mass is 10.1. The average Bonchev–Trinajstić information content (AvgIpc) is 3.14. The SMILES string of the molecule is O=C(O)CCc1ccc(NC(=O)c2cc(-c3ccccc3)c(C(F)(F)F)s2)cc1. The van der Waals surface area contributed by atoms with Crippen molar-refractivity contribution < 1.29 is 27.9 Å². The number of hydrogen-bond acceptors (Lipinski definition) is 3. The quantitative estimate of drug-likeness (QED) is 0.538. The molecule has 1 amide bonds. The molecule has 0 aliphatic carbocycles. The van der Waals surface area contributed by atoms with Gasteiger partial charge in [0.05, 0.1) is 4.88 Å². The van der Waals surface area contributed by atoms with Crippen molar-refractivity contribution in [3.63, 3.8) is 0 Å². The van der Waals surface area contributed by atoms with Gasteiger partial charge in [-0.3, -0.25) is 9.59 Å². The molecule has 0 aliphatic rings. The molecular weight excluding hydrogens is 403 g/mol. The summed E-state index contributed by atoms with van der Waals surface area (Å²) in [5.41, 5.74) is 1.56. The van der Waals surface area contributed by atoms with Crippen molar-refractivity contribution in [2.75, 3.05) is 5.32 Å². The molecule has 0 radical (unpaired) electrons. The van der Waals surface area contributed by atoms with Crippen LogP contribution in [0.4, 0.5) is 18.9 Å². The van der Waals surface area contributed by atoms with E-state index in [1.807, 2.05) is 0 Å². The molecule has 150 valence electrons. The number of hydrogen-bond donors (Lipinski definition) is 2. The highest BCUT2D eigenvalue weighted by Gasteiger charge is 2.37. The predicted molar refractivity (Wildman–Crippen MR) is 105 cm³/mol. The van der Waals surface area contributed by atoms with Crippen LogP contribution < -0.4 is 5.32 Å². The van der Waals surface area contributed by atoms with Crippen molar-refractivity contribution in [2.45, 2.75) is 19.0 Å². The third-order valence-electron chi connectivity index (χ3n) is 4.14. The molecule has 1 heterocycles. The topological polar surface area (TPSA) is 66.4 Å². The second-order valence-corrected chi connectivity index (χ2v) is 7.31. The summed E-state index contributed by atoms with van der Waals surface area (Å²) in [6, 6.07) is 15.9. The Morgan fingerprint density at radius 3 is 2.24 bits per heavy atom. The van der Waals surface area contributed by atoms with Gasteiger partial charge in [-0.25, -0.2) is 0 Å². The highest BCUT2D eigenvalue weighted by molar-refractivity contribution is 7.14. The van der Waals surface area contributed by atoms with Gasteiger partial charge in [-0.1, -0.05) is 42.5 Å². The second-order valence-electron chi connectivity index (χ2n) is 6.26. The molecule has 0 fully saturated rings. The van der Waals surface area contributed by atoms with Crippen molar-refractivity contribution in [1.82, 2.24) is 0 Å². The summed E-state index contributed by atoms with van der Waals surface area (Å²) < 4.78 is 40.3. The molecule has 2 aromatic carbocycles. The van der Waals surface area contributed by atoms with Gasteiger partial charge < -0.3 is 10.4 Å². The zero-order valence-corrected chi connectivity index (χ0v) is 15.8. The summed E-state index contributed by atoms with van der Waals surface area (Å²) in [5.74, 6) is -1.55. The molecule has 0 spiro atoms. The first-order chi connectivity index (χ1) is 13.7. The van der Waals surface area contributed by atoms with Crippen molar-refractivity contribution in [2.24, 2.45) is 0 Å². The van der Waals surface area contributed by atoms with E-state index in [4.69, 9.17) is 5.11 Å². The van der Waals surface area contributed by atoms with E-state index in [0.29, 0.717) is 29.0 Å². The van der Waals surface area contributed by atoms with Crippen LogP contribution in [0.1, 0.15) is 26.5 Å². The van der Waals surface area contributed by atoms with Gasteiger partial charge in [0.2, 0.25) is 0 Å². The van der Waals surface area contributed by atoms with Crippen LogP contribution in [0.5, 0.6) is 0 Å². The van der Waals surface area contributed by atoms with E-state index in [-0.39, 0.29) is 16.9 Å². The third kappa shape index (κ3) is 5.23. The number of halogens is 3. The van der Waals surface area contributed by atoms with E-state index in [1.54, 1.807) is 54.6 Å².